The normalized spacial score (nSPS) is 22.9. The van der Waals surface area contributed by atoms with Crippen LogP contribution in [0.3, 0.4) is 0 Å². The summed E-state index contributed by atoms with van der Waals surface area (Å²) in [4.78, 5) is 20.0. The third-order valence-corrected chi connectivity index (χ3v) is 9.23. The van der Waals surface area contributed by atoms with Crippen LogP contribution in [0.1, 0.15) is 63.4 Å². The van der Waals surface area contributed by atoms with Crippen molar-refractivity contribution in [1.82, 2.24) is 25.6 Å². The molecule has 3 aliphatic rings. The summed E-state index contributed by atoms with van der Waals surface area (Å²) in [7, 11) is 1.70. The number of urea groups is 1. The highest BCUT2D eigenvalue weighted by Crippen LogP contribution is 2.38. The summed E-state index contributed by atoms with van der Waals surface area (Å²) in [5.74, 6) is 2.15. The van der Waals surface area contributed by atoms with Crippen LogP contribution in [-0.2, 0) is 0 Å². The van der Waals surface area contributed by atoms with Gasteiger partial charge in [-0.05, 0) is 75.2 Å². The molecule has 2 saturated heterocycles. The average molecular weight is 527 g/mol. The zero-order valence-electron chi connectivity index (χ0n) is 22.3. The number of aromatic nitrogens is 1. The highest BCUT2D eigenvalue weighted by Gasteiger charge is 2.28. The molecular weight excluding hydrogens is 484 g/mol. The number of thiazole rings is 1. The molecule has 3 N–H and O–H groups in total. The van der Waals surface area contributed by atoms with Gasteiger partial charge in [-0.2, -0.15) is 0 Å². The molecule has 8 nitrogen and oxygen atoms in total. The summed E-state index contributed by atoms with van der Waals surface area (Å²) >= 11 is 1.44. The van der Waals surface area contributed by atoms with E-state index in [1.54, 1.807) is 7.11 Å². The molecule has 2 atom stereocenters. The number of nitrogens with one attached hydrogen (secondary N) is 3. The smallest absolute Gasteiger partial charge is 0.335 e. The number of nitrogens with zero attached hydrogens (tertiary/aromatic N) is 3. The summed E-state index contributed by atoms with van der Waals surface area (Å²) in [5, 5.41) is 11.1. The van der Waals surface area contributed by atoms with Crippen LogP contribution in [0.5, 0.6) is 5.75 Å². The monoisotopic (exact) mass is 526 g/mol. The lowest BCUT2D eigenvalue weighted by Crippen LogP contribution is -2.57. The molecule has 2 aliphatic heterocycles. The van der Waals surface area contributed by atoms with Crippen LogP contribution in [0, 0.1) is 5.92 Å². The fourth-order valence-electron chi connectivity index (χ4n) is 6.17. The third kappa shape index (κ3) is 6.63. The Morgan fingerprint density at radius 3 is 2.68 bits per heavy atom. The SMILES string of the molecule is COc1ccc(C2CCCCC2)cc1-c1csc(NC(=O)NN2CCN(C(C)C3CCCNC3)CC2)n1. The molecule has 9 heteroatoms. The minimum absolute atomic E-state index is 0.234. The number of piperidine rings is 1. The molecule has 1 aliphatic carbocycles. The van der Waals surface area contributed by atoms with Gasteiger partial charge in [-0.3, -0.25) is 15.6 Å². The van der Waals surface area contributed by atoms with Crippen molar-refractivity contribution in [1.29, 1.82) is 0 Å². The number of benzene rings is 1. The molecule has 0 bridgehead atoms. The van der Waals surface area contributed by atoms with Gasteiger partial charge in [-0.1, -0.05) is 25.3 Å². The maximum Gasteiger partial charge on any atom is 0.335 e. The molecule has 1 aromatic heterocycles. The van der Waals surface area contributed by atoms with E-state index in [4.69, 9.17) is 9.72 Å². The van der Waals surface area contributed by atoms with Crippen molar-refractivity contribution in [2.45, 2.75) is 63.8 Å². The Kier molecular flexibility index (Phi) is 8.97. The van der Waals surface area contributed by atoms with E-state index in [1.165, 1.54) is 61.8 Å². The first kappa shape index (κ1) is 26.4. The second kappa shape index (κ2) is 12.6. The molecule has 1 saturated carbocycles. The van der Waals surface area contributed by atoms with Crippen molar-refractivity contribution in [2.24, 2.45) is 5.92 Å². The average Bonchev–Trinajstić information content (AvgIpc) is 3.41. The van der Waals surface area contributed by atoms with Gasteiger partial charge in [0, 0.05) is 43.2 Å². The Morgan fingerprint density at radius 1 is 1.14 bits per heavy atom. The Hall–Kier alpha value is -2.20. The summed E-state index contributed by atoms with van der Waals surface area (Å²) < 4.78 is 5.65. The van der Waals surface area contributed by atoms with Crippen molar-refractivity contribution < 1.29 is 9.53 Å². The fraction of sp³-hybridized carbons (Fsp3) is 0.643. The van der Waals surface area contributed by atoms with E-state index in [0.717, 1.165) is 62.2 Å². The fourth-order valence-corrected chi connectivity index (χ4v) is 6.87. The zero-order valence-corrected chi connectivity index (χ0v) is 23.1. The lowest BCUT2D eigenvalue weighted by atomic mass is 9.83. The number of hydrogen-bond donors (Lipinski definition) is 3. The highest BCUT2D eigenvalue weighted by atomic mass is 32.1. The van der Waals surface area contributed by atoms with Gasteiger partial charge in [-0.25, -0.2) is 14.8 Å². The number of carbonyl (C=O) groups is 1. The molecule has 0 radical (unpaired) electrons. The van der Waals surface area contributed by atoms with Gasteiger partial charge in [0.1, 0.15) is 5.75 Å². The number of hydrogen-bond acceptors (Lipinski definition) is 7. The van der Waals surface area contributed by atoms with E-state index >= 15 is 0 Å². The van der Waals surface area contributed by atoms with Gasteiger partial charge in [0.05, 0.1) is 12.8 Å². The standard InChI is InChI=1S/C28H42N6O2S/c1-20(23-9-6-12-29-18-23)33-13-15-34(16-14-33)32-27(35)31-28-30-25(19-37-28)24-17-22(10-11-26(24)36-2)21-7-4-3-5-8-21/h10-11,17,19-21,23,29H,3-9,12-16,18H2,1-2H3,(H2,30,31,32,35). The molecule has 2 aromatic rings. The summed E-state index contributed by atoms with van der Waals surface area (Å²) in [6.45, 7) is 8.21. The van der Waals surface area contributed by atoms with Crippen molar-refractivity contribution in [3.8, 4) is 17.0 Å². The van der Waals surface area contributed by atoms with Gasteiger partial charge in [-0.15, -0.1) is 11.3 Å². The molecule has 0 spiro atoms. The van der Waals surface area contributed by atoms with E-state index < -0.39 is 0 Å². The van der Waals surface area contributed by atoms with Crippen molar-refractivity contribution >= 4 is 22.5 Å². The predicted octanol–water partition coefficient (Wildman–Crippen LogP) is 4.91. The van der Waals surface area contributed by atoms with E-state index in [-0.39, 0.29) is 6.03 Å². The Labute approximate surface area is 225 Å². The van der Waals surface area contributed by atoms with Crippen LogP contribution in [-0.4, -0.2) is 73.3 Å². The Bertz CT molecular complexity index is 1030. The Balaban J connectivity index is 1.14. The van der Waals surface area contributed by atoms with Crippen LogP contribution in [0.2, 0.25) is 0 Å². The van der Waals surface area contributed by atoms with Crippen molar-refractivity contribution in [2.75, 3.05) is 51.7 Å². The van der Waals surface area contributed by atoms with Crippen molar-refractivity contribution in [3.05, 3.63) is 29.1 Å². The van der Waals surface area contributed by atoms with Crippen LogP contribution >= 0.6 is 11.3 Å². The number of piperazine rings is 1. The molecule has 2 amide bonds. The van der Waals surface area contributed by atoms with Crippen molar-refractivity contribution in [3.63, 3.8) is 0 Å². The minimum atomic E-state index is -0.234. The quantitative estimate of drug-likeness (QED) is 0.476. The topological polar surface area (TPSA) is 81.8 Å². The third-order valence-electron chi connectivity index (χ3n) is 8.47. The van der Waals surface area contributed by atoms with Gasteiger partial charge in [0.25, 0.3) is 0 Å². The van der Waals surface area contributed by atoms with E-state index in [0.29, 0.717) is 17.1 Å². The van der Waals surface area contributed by atoms with Gasteiger partial charge < -0.3 is 10.1 Å². The maximum atomic E-state index is 12.7. The second-order valence-electron chi connectivity index (χ2n) is 10.8. The summed E-state index contributed by atoms with van der Waals surface area (Å²) in [6, 6.07) is 6.83. The molecule has 3 fully saturated rings. The molecule has 1 aromatic carbocycles. The Morgan fingerprint density at radius 2 is 1.95 bits per heavy atom. The second-order valence-corrected chi connectivity index (χ2v) is 11.6. The van der Waals surface area contributed by atoms with Gasteiger partial charge in [0.15, 0.2) is 5.13 Å². The van der Waals surface area contributed by atoms with Crippen LogP contribution in [0.25, 0.3) is 11.3 Å². The number of carbonyl (C=O) groups excluding carboxylic acids is 1. The first-order valence-corrected chi connectivity index (χ1v) is 14.9. The number of amides is 2. The zero-order chi connectivity index (χ0) is 25.6. The number of anilines is 1. The van der Waals surface area contributed by atoms with E-state index in [2.05, 4.69) is 46.1 Å². The van der Waals surface area contributed by atoms with Gasteiger partial charge in [0.2, 0.25) is 0 Å². The van der Waals surface area contributed by atoms with Crippen LogP contribution in [0.4, 0.5) is 9.93 Å². The molecule has 2 unspecified atom stereocenters. The molecule has 3 heterocycles. The first-order chi connectivity index (χ1) is 18.1. The van der Waals surface area contributed by atoms with E-state index in [9.17, 15) is 4.79 Å². The minimum Gasteiger partial charge on any atom is -0.496 e. The predicted molar refractivity (Wildman–Crippen MR) is 150 cm³/mol. The molecular formula is C28H42N6O2S. The number of methoxy groups -OCH3 is 1. The molecule has 202 valence electrons. The largest absolute Gasteiger partial charge is 0.496 e. The lowest BCUT2D eigenvalue weighted by molar-refractivity contribution is 0.0538. The number of hydrazine groups is 1. The maximum absolute atomic E-state index is 12.7. The van der Waals surface area contributed by atoms with E-state index in [1.807, 2.05) is 10.4 Å². The summed E-state index contributed by atoms with van der Waals surface area (Å²) in [5.41, 5.74) is 6.22. The molecule has 37 heavy (non-hydrogen) atoms. The number of ether oxygens (including phenoxy) is 1. The van der Waals surface area contributed by atoms with Crippen LogP contribution in [0.15, 0.2) is 23.6 Å². The molecule has 5 rings (SSSR count). The number of rotatable bonds is 7. The van der Waals surface area contributed by atoms with Gasteiger partial charge >= 0.3 is 6.03 Å². The highest BCUT2D eigenvalue weighted by molar-refractivity contribution is 7.14. The summed E-state index contributed by atoms with van der Waals surface area (Å²) in [6.07, 6.45) is 9.03. The van der Waals surface area contributed by atoms with Crippen LogP contribution < -0.4 is 20.8 Å². The first-order valence-electron chi connectivity index (χ1n) is 14.0. The lowest BCUT2D eigenvalue weighted by Gasteiger charge is -2.41.